The lowest BCUT2D eigenvalue weighted by Crippen LogP contribution is -2.28. The Labute approximate surface area is 81.7 Å². The zero-order valence-electron chi connectivity index (χ0n) is 9.01. The number of nitrogens with zero attached hydrogens (tertiary/aromatic N) is 2. The Hall–Kier alpha value is -0.590. The van der Waals surface area contributed by atoms with E-state index in [9.17, 15) is 0 Å². The van der Waals surface area contributed by atoms with Crippen LogP contribution in [0.2, 0.25) is 0 Å². The monoisotopic (exact) mass is 183 g/mol. The molecule has 0 aliphatic rings. The Morgan fingerprint density at radius 1 is 1.38 bits per heavy atom. The minimum Gasteiger partial charge on any atom is -0.314 e. The maximum atomic E-state index is 8.37. The molecule has 0 aliphatic carbocycles. The van der Waals surface area contributed by atoms with Crippen molar-refractivity contribution in [2.75, 3.05) is 26.7 Å². The second kappa shape index (κ2) is 8.03. The minimum absolute atomic E-state index is 0.574. The van der Waals surface area contributed by atoms with Crippen molar-refractivity contribution >= 4 is 0 Å². The number of rotatable bonds is 7. The SMILES string of the molecule is CC(C)NCCCN(C)CCC#N. The van der Waals surface area contributed by atoms with Crippen LogP contribution < -0.4 is 5.32 Å². The van der Waals surface area contributed by atoms with Crippen LogP contribution in [0.4, 0.5) is 0 Å². The van der Waals surface area contributed by atoms with E-state index in [-0.39, 0.29) is 0 Å². The molecule has 0 saturated heterocycles. The smallest absolute Gasteiger partial charge is 0.0635 e. The fourth-order valence-electron chi connectivity index (χ4n) is 1.09. The fourth-order valence-corrected chi connectivity index (χ4v) is 1.09. The lowest BCUT2D eigenvalue weighted by atomic mass is 10.3. The molecule has 0 aromatic carbocycles. The number of hydrogen-bond donors (Lipinski definition) is 1. The standard InChI is InChI=1S/C10H21N3/c1-10(2)12-7-5-9-13(3)8-4-6-11/h10,12H,4-5,7-9H2,1-3H3. The van der Waals surface area contributed by atoms with Crippen LogP contribution in [0.25, 0.3) is 0 Å². The Morgan fingerprint density at radius 2 is 2.08 bits per heavy atom. The quantitative estimate of drug-likeness (QED) is 0.603. The summed E-state index contributed by atoms with van der Waals surface area (Å²) >= 11 is 0. The van der Waals surface area contributed by atoms with Gasteiger partial charge >= 0.3 is 0 Å². The zero-order chi connectivity index (χ0) is 10.1. The molecule has 0 aliphatic heterocycles. The van der Waals surface area contributed by atoms with Gasteiger partial charge in [0.25, 0.3) is 0 Å². The van der Waals surface area contributed by atoms with Crippen LogP contribution in [0, 0.1) is 11.3 Å². The lowest BCUT2D eigenvalue weighted by Gasteiger charge is -2.15. The summed E-state index contributed by atoms with van der Waals surface area (Å²) in [4.78, 5) is 2.20. The first kappa shape index (κ1) is 12.4. The van der Waals surface area contributed by atoms with E-state index >= 15 is 0 Å². The van der Waals surface area contributed by atoms with Gasteiger partial charge in [0.2, 0.25) is 0 Å². The van der Waals surface area contributed by atoms with Gasteiger partial charge in [-0.15, -0.1) is 0 Å². The molecule has 0 fully saturated rings. The summed E-state index contributed by atoms with van der Waals surface area (Å²) in [5.74, 6) is 0. The van der Waals surface area contributed by atoms with E-state index in [1.165, 1.54) is 0 Å². The van der Waals surface area contributed by atoms with Crippen LogP contribution in [-0.4, -0.2) is 37.6 Å². The van der Waals surface area contributed by atoms with E-state index in [1.807, 2.05) is 0 Å². The molecule has 0 bridgehead atoms. The third-order valence-electron chi connectivity index (χ3n) is 1.87. The molecule has 0 rings (SSSR count). The second-order valence-electron chi connectivity index (χ2n) is 3.67. The van der Waals surface area contributed by atoms with Crippen LogP contribution >= 0.6 is 0 Å². The third kappa shape index (κ3) is 9.32. The number of nitrogens with one attached hydrogen (secondary N) is 1. The summed E-state index contributed by atoms with van der Waals surface area (Å²) < 4.78 is 0. The predicted octanol–water partition coefficient (Wildman–Crippen LogP) is 1.22. The molecule has 1 N–H and O–H groups in total. The van der Waals surface area contributed by atoms with Crippen molar-refractivity contribution in [3.63, 3.8) is 0 Å². The number of nitriles is 1. The molecule has 76 valence electrons. The Kier molecular flexibility index (Phi) is 7.66. The van der Waals surface area contributed by atoms with Gasteiger partial charge in [0.1, 0.15) is 0 Å². The maximum Gasteiger partial charge on any atom is 0.0635 e. The first-order valence-electron chi connectivity index (χ1n) is 4.95. The van der Waals surface area contributed by atoms with Gasteiger partial charge < -0.3 is 10.2 Å². The summed E-state index contributed by atoms with van der Waals surface area (Å²) in [6, 6.07) is 2.72. The molecule has 0 saturated carbocycles. The van der Waals surface area contributed by atoms with Gasteiger partial charge in [-0.1, -0.05) is 13.8 Å². The van der Waals surface area contributed by atoms with Gasteiger partial charge in [-0.3, -0.25) is 0 Å². The topological polar surface area (TPSA) is 39.1 Å². The van der Waals surface area contributed by atoms with E-state index < -0.39 is 0 Å². The molecular weight excluding hydrogens is 162 g/mol. The van der Waals surface area contributed by atoms with E-state index in [0.717, 1.165) is 26.1 Å². The maximum absolute atomic E-state index is 8.37. The Bertz CT molecular complexity index is 149. The summed E-state index contributed by atoms with van der Waals surface area (Å²) in [6.07, 6.45) is 1.79. The normalized spacial score (nSPS) is 10.8. The van der Waals surface area contributed by atoms with Gasteiger partial charge in [-0.25, -0.2) is 0 Å². The van der Waals surface area contributed by atoms with Crippen LogP contribution in [0.3, 0.4) is 0 Å². The highest BCUT2D eigenvalue weighted by Crippen LogP contribution is 1.89. The van der Waals surface area contributed by atoms with Gasteiger partial charge in [0.05, 0.1) is 6.07 Å². The van der Waals surface area contributed by atoms with Gasteiger partial charge in [0.15, 0.2) is 0 Å². The molecule has 3 nitrogen and oxygen atoms in total. The van der Waals surface area contributed by atoms with Crippen molar-refractivity contribution < 1.29 is 0 Å². The molecule has 0 radical (unpaired) electrons. The second-order valence-corrected chi connectivity index (χ2v) is 3.67. The molecule has 0 atom stereocenters. The molecule has 0 spiro atoms. The lowest BCUT2D eigenvalue weighted by molar-refractivity contribution is 0.332. The highest BCUT2D eigenvalue weighted by molar-refractivity contribution is 4.70. The molecule has 13 heavy (non-hydrogen) atoms. The van der Waals surface area contributed by atoms with E-state index in [0.29, 0.717) is 12.5 Å². The van der Waals surface area contributed by atoms with Crippen molar-refractivity contribution in [1.29, 1.82) is 5.26 Å². The predicted molar refractivity (Wildman–Crippen MR) is 55.5 cm³/mol. The first-order chi connectivity index (χ1) is 6.16. The summed E-state index contributed by atoms with van der Waals surface area (Å²) in [5.41, 5.74) is 0. The summed E-state index contributed by atoms with van der Waals surface area (Å²) in [6.45, 7) is 7.33. The van der Waals surface area contributed by atoms with Crippen molar-refractivity contribution in [2.24, 2.45) is 0 Å². The number of hydrogen-bond acceptors (Lipinski definition) is 3. The fraction of sp³-hybridized carbons (Fsp3) is 0.900. The van der Waals surface area contributed by atoms with Crippen LogP contribution in [0.1, 0.15) is 26.7 Å². The summed E-state index contributed by atoms with van der Waals surface area (Å²) in [7, 11) is 2.06. The average molecular weight is 183 g/mol. The molecular formula is C10H21N3. The van der Waals surface area contributed by atoms with Crippen LogP contribution in [-0.2, 0) is 0 Å². The molecule has 0 aromatic heterocycles. The highest BCUT2D eigenvalue weighted by Gasteiger charge is 1.97. The van der Waals surface area contributed by atoms with Gasteiger partial charge in [-0.2, -0.15) is 5.26 Å². The van der Waals surface area contributed by atoms with Crippen molar-refractivity contribution in [3.8, 4) is 6.07 Å². The third-order valence-corrected chi connectivity index (χ3v) is 1.87. The van der Waals surface area contributed by atoms with Crippen molar-refractivity contribution in [3.05, 3.63) is 0 Å². The van der Waals surface area contributed by atoms with Gasteiger partial charge in [0, 0.05) is 19.0 Å². The van der Waals surface area contributed by atoms with Gasteiger partial charge in [-0.05, 0) is 26.6 Å². The molecule has 0 aromatic rings. The summed E-state index contributed by atoms with van der Waals surface area (Å²) in [5, 5.41) is 11.7. The largest absolute Gasteiger partial charge is 0.314 e. The van der Waals surface area contributed by atoms with Crippen molar-refractivity contribution in [2.45, 2.75) is 32.7 Å². The minimum atomic E-state index is 0.574. The van der Waals surface area contributed by atoms with Crippen molar-refractivity contribution in [1.82, 2.24) is 10.2 Å². The highest BCUT2D eigenvalue weighted by atomic mass is 15.1. The molecule has 0 amide bonds. The van der Waals surface area contributed by atoms with E-state index in [4.69, 9.17) is 5.26 Å². The Morgan fingerprint density at radius 3 is 2.62 bits per heavy atom. The van der Waals surface area contributed by atoms with E-state index in [1.54, 1.807) is 0 Å². The zero-order valence-corrected chi connectivity index (χ0v) is 9.01. The van der Waals surface area contributed by atoms with Crippen LogP contribution in [0.5, 0.6) is 0 Å². The molecule has 0 heterocycles. The van der Waals surface area contributed by atoms with Crippen LogP contribution in [0.15, 0.2) is 0 Å². The van der Waals surface area contributed by atoms with E-state index in [2.05, 4.69) is 37.2 Å². The molecule has 3 heteroatoms. The Balaban J connectivity index is 3.17. The average Bonchev–Trinajstić information content (AvgIpc) is 2.08. The molecule has 0 unspecified atom stereocenters. The first-order valence-corrected chi connectivity index (χ1v) is 4.95.